The number of alkyl halides is 3. The molecule has 5 heteroatoms. The van der Waals surface area contributed by atoms with Crippen LogP contribution in [0.3, 0.4) is 0 Å². The van der Waals surface area contributed by atoms with Gasteiger partial charge in [0, 0.05) is 18.8 Å². The van der Waals surface area contributed by atoms with Gasteiger partial charge in [-0.25, -0.2) is 0 Å². The van der Waals surface area contributed by atoms with Crippen molar-refractivity contribution in [3.63, 3.8) is 0 Å². The van der Waals surface area contributed by atoms with Crippen molar-refractivity contribution in [3.05, 3.63) is 29.8 Å². The molecule has 0 amide bonds. The van der Waals surface area contributed by atoms with Crippen LogP contribution in [0.5, 0.6) is 0 Å². The van der Waals surface area contributed by atoms with Gasteiger partial charge in [0.15, 0.2) is 0 Å². The summed E-state index contributed by atoms with van der Waals surface area (Å²) < 4.78 is 36.7. The molecule has 100 valence electrons. The van der Waals surface area contributed by atoms with E-state index in [0.717, 1.165) is 18.7 Å². The van der Waals surface area contributed by atoms with Gasteiger partial charge in [0.1, 0.15) is 0 Å². The van der Waals surface area contributed by atoms with Gasteiger partial charge in [0.05, 0.1) is 6.54 Å². The number of nitrogens with one attached hydrogen (secondary N) is 1. The van der Waals surface area contributed by atoms with Crippen LogP contribution in [0.1, 0.15) is 5.56 Å². The predicted molar refractivity (Wildman–Crippen MR) is 65.7 cm³/mol. The SMILES string of the molecule is CN(CC1CNc2ccccc2C1)CC(F)(F)F. The van der Waals surface area contributed by atoms with Gasteiger partial charge >= 0.3 is 6.18 Å². The van der Waals surface area contributed by atoms with E-state index in [1.54, 1.807) is 0 Å². The molecule has 1 unspecified atom stereocenters. The summed E-state index contributed by atoms with van der Waals surface area (Å²) in [6, 6.07) is 7.95. The fourth-order valence-corrected chi connectivity index (χ4v) is 2.45. The van der Waals surface area contributed by atoms with Gasteiger partial charge in [-0.2, -0.15) is 13.2 Å². The molecule has 0 aromatic heterocycles. The fraction of sp³-hybridized carbons (Fsp3) is 0.538. The summed E-state index contributed by atoms with van der Waals surface area (Å²) in [4.78, 5) is 1.35. The van der Waals surface area contributed by atoms with Crippen molar-refractivity contribution in [2.45, 2.75) is 12.6 Å². The lowest BCUT2D eigenvalue weighted by Gasteiger charge is -2.29. The van der Waals surface area contributed by atoms with E-state index in [-0.39, 0.29) is 5.92 Å². The number of anilines is 1. The maximum Gasteiger partial charge on any atom is 0.401 e. The van der Waals surface area contributed by atoms with Crippen LogP contribution in [-0.4, -0.2) is 37.8 Å². The maximum absolute atomic E-state index is 12.2. The van der Waals surface area contributed by atoms with Crippen LogP contribution in [0.4, 0.5) is 18.9 Å². The summed E-state index contributed by atoms with van der Waals surface area (Å²) in [5.41, 5.74) is 2.29. The molecule has 0 saturated heterocycles. The van der Waals surface area contributed by atoms with Crippen LogP contribution >= 0.6 is 0 Å². The predicted octanol–water partition coefficient (Wildman–Crippen LogP) is 2.76. The first kappa shape index (κ1) is 13.2. The third-order valence-corrected chi connectivity index (χ3v) is 3.13. The molecule has 1 atom stereocenters. The number of halogens is 3. The Kier molecular flexibility index (Phi) is 3.80. The van der Waals surface area contributed by atoms with Crippen LogP contribution in [0, 0.1) is 5.92 Å². The van der Waals surface area contributed by atoms with Gasteiger partial charge < -0.3 is 5.32 Å². The lowest BCUT2D eigenvalue weighted by molar-refractivity contribution is -0.144. The zero-order valence-electron chi connectivity index (χ0n) is 10.3. The van der Waals surface area contributed by atoms with Crippen LogP contribution in [0.2, 0.25) is 0 Å². The molecule has 2 rings (SSSR count). The van der Waals surface area contributed by atoms with Crippen LogP contribution in [0.25, 0.3) is 0 Å². The molecular weight excluding hydrogens is 241 g/mol. The molecule has 18 heavy (non-hydrogen) atoms. The quantitative estimate of drug-likeness (QED) is 0.896. The van der Waals surface area contributed by atoms with Crippen molar-refractivity contribution in [1.29, 1.82) is 0 Å². The lowest BCUT2D eigenvalue weighted by Crippen LogP contribution is -2.38. The molecule has 1 aliphatic heterocycles. The van der Waals surface area contributed by atoms with Gasteiger partial charge in [0.2, 0.25) is 0 Å². The second kappa shape index (κ2) is 5.18. The van der Waals surface area contributed by atoms with E-state index in [1.165, 1.54) is 17.5 Å². The molecule has 1 heterocycles. The zero-order valence-corrected chi connectivity index (χ0v) is 10.3. The van der Waals surface area contributed by atoms with Gasteiger partial charge in [0.25, 0.3) is 0 Å². The Hall–Kier alpha value is -1.23. The Morgan fingerprint density at radius 3 is 2.78 bits per heavy atom. The topological polar surface area (TPSA) is 15.3 Å². The monoisotopic (exact) mass is 258 g/mol. The highest BCUT2D eigenvalue weighted by Crippen LogP contribution is 2.25. The number of hydrogen-bond acceptors (Lipinski definition) is 2. The highest BCUT2D eigenvalue weighted by molar-refractivity contribution is 5.53. The van der Waals surface area contributed by atoms with Gasteiger partial charge in [-0.3, -0.25) is 4.90 Å². The van der Waals surface area contributed by atoms with Gasteiger partial charge in [-0.05, 0) is 31.0 Å². The highest BCUT2D eigenvalue weighted by atomic mass is 19.4. The minimum atomic E-state index is -4.12. The Morgan fingerprint density at radius 2 is 2.06 bits per heavy atom. The summed E-state index contributed by atoms with van der Waals surface area (Å²) in [5.74, 6) is 0.229. The molecule has 1 aromatic rings. The van der Waals surface area contributed by atoms with E-state index in [9.17, 15) is 13.2 Å². The Balaban J connectivity index is 1.90. The number of rotatable bonds is 3. The number of hydrogen-bond donors (Lipinski definition) is 1. The van der Waals surface area contributed by atoms with Crippen molar-refractivity contribution in [1.82, 2.24) is 4.90 Å². The van der Waals surface area contributed by atoms with Crippen molar-refractivity contribution < 1.29 is 13.2 Å². The summed E-state index contributed by atoms with van der Waals surface area (Å²) in [5, 5.41) is 3.27. The molecular formula is C13H17F3N2. The second-order valence-corrected chi connectivity index (χ2v) is 4.92. The summed E-state index contributed by atoms with van der Waals surface area (Å²) >= 11 is 0. The Morgan fingerprint density at radius 1 is 1.33 bits per heavy atom. The van der Waals surface area contributed by atoms with E-state index < -0.39 is 12.7 Å². The minimum Gasteiger partial charge on any atom is -0.384 e. The van der Waals surface area contributed by atoms with E-state index in [0.29, 0.717) is 6.54 Å². The Bertz CT molecular complexity index is 403. The number of fused-ring (bicyclic) bond motifs is 1. The fourth-order valence-electron chi connectivity index (χ4n) is 2.45. The smallest absolute Gasteiger partial charge is 0.384 e. The number of nitrogens with zero attached hydrogens (tertiary/aromatic N) is 1. The van der Waals surface area contributed by atoms with Crippen LogP contribution < -0.4 is 5.32 Å². The second-order valence-electron chi connectivity index (χ2n) is 4.92. The number of benzene rings is 1. The van der Waals surface area contributed by atoms with E-state index in [1.807, 2.05) is 24.3 Å². The normalized spacial score (nSPS) is 19.5. The molecule has 0 radical (unpaired) electrons. The molecule has 1 aliphatic rings. The highest BCUT2D eigenvalue weighted by Gasteiger charge is 2.30. The largest absolute Gasteiger partial charge is 0.401 e. The van der Waals surface area contributed by atoms with Crippen LogP contribution in [0.15, 0.2) is 24.3 Å². The van der Waals surface area contributed by atoms with Crippen LogP contribution in [-0.2, 0) is 6.42 Å². The molecule has 0 aliphatic carbocycles. The molecule has 0 fully saturated rings. The third kappa shape index (κ3) is 3.63. The zero-order chi connectivity index (χ0) is 13.2. The van der Waals surface area contributed by atoms with Crippen molar-refractivity contribution in [2.75, 3.05) is 32.0 Å². The van der Waals surface area contributed by atoms with E-state index in [4.69, 9.17) is 0 Å². The van der Waals surface area contributed by atoms with Crippen molar-refractivity contribution in [2.24, 2.45) is 5.92 Å². The maximum atomic E-state index is 12.2. The molecule has 1 aromatic carbocycles. The summed E-state index contributed by atoms with van der Waals surface area (Å²) in [6.45, 7) is 0.352. The standard InChI is InChI=1S/C13H17F3N2/c1-18(9-13(14,15)16)8-10-6-11-4-2-3-5-12(11)17-7-10/h2-5,10,17H,6-9H2,1H3. The molecule has 2 nitrogen and oxygen atoms in total. The average Bonchev–Trinajstić information content (AvgIpc) is 2.26. The van der Waals surface area contributed by atoms with Crippen molar-refractivity contribution >= 4 is 5.69 Å². The van der Waals surface area contributed by atoms with E-state index >= 15 is 0 Å². The first-order chi connectivity index (χ1) is 8.44. The summed E-state index contributed by atoms with van der Waals surface area (Å²) in [7, 11) is 1.52. The Labute approximate surface area is 105 Å². The molecule has 1 N–H and O–H groups in total. The molecule has 0 saturated carbocycles. The average molecular weight is 258 g/mol. The summed E-state index contributed by atoms with van der Waals surface area (Å²) in [6.07, 6.45) is -3.28. The minimum absolute atomic E-state index is 0.229. The third-order valence-electron chi connectivity index (χ3n) is 3.13. The van der Waals surface area contributed by atoms with Crippen molar-refractivity contribution in [3.8, 4) is 0 Å². The first-order valence-electron chi connectivity index (χ1n) is 6.01. The first-order valence-corrected chi connectivity index (χ1v) is 6.01. The molecule has 0 spiro atoms. The van der Waals surface area contributed by atoms with Gasteiger partial charge in [-0.1, -0.05) is 18.2 Å². The number of para-hydroxylation sites is 1. The molecule has 0 bridgehead atoms. The lowest BCUT2D eigenvalue weighted by atomic mass is 9.93. The van der Waals surface area contributed by atoms with Gasteiger partial charge in [-0.15, -0.1) is 0 Å². The van der Waals surface area contributed by atoms with E-state index in [2.05, 4.69) is 5.32 Å².